The summed E-state index contributed by atoms with van der Waals surface area (Å²) in [5.41, 5.74) is 4.60. The second kappa shape index (κ2) is 4.18. The van der Waals surface area contributed by atoms with E-state index in [9.17, 15) is 0 Å². The van der Waals surface area contributed by atoms with E-state index in [2.05, 4.69) is 46.4 Å². The normalized spacial score (nSPS) is 16.4. The smallest absolute Gasteiger partial charge is 0.137 e. The number of fused-ring (bicyclic) bond motifs is 1. The molecule has 100 valence electrons. The summed E-state index contributed by atoms with van der Waals surface area (Å²) in [6.07, 6.45) is 6.01. The van der Waals surface area contributed by atoms with Crippen LogP contribution in [0.5, 0.6) is 0 Å². The van der Waals surface area contributed by atoms with E-state index in [-0.39, 0.29) is 5.60 Å². The van der Waals surface area contributed by atoms with Gasteiger partial charge in [0.25, 0.3) is 0 Å². The van der Waals surface area contributed by atoms with Gasteiger partial charge in [-0.3, -0.25) is 0 Å². The maximum Gasteiger partial charge on any atom is 0.137 e. The van der Waals surface area contributed by atoms with Crippen LogP contribution in [0.2, 0.25) is 0 Å². The van der Waals surface area contributed by atoms with Gasteiger partial charge in [0.05, 0.1) is 5.60 Å². The third kappa shape index (κ3) is 1.67. The van der Waals surface area contributed by atoms with E-state index < -0.39 is 0 Å². The van der Waals surface area contributed by atoms with Gasteiger partial charge in [0.2, 0.25) is 0 Å². The molecule has 3 nitrogen and oxygen atoms in total. The predicted octanol–water partition coefficient (Wildman–Crippen LogP) is 3.87. The highest BCUT2D eigenvalue weighted by atomic mass is 16.5. The first kappa shape index (κ1) is 11.7. The van der Waals surface area contributed by atoms with Crippen LogP contribution in [0, 0.1) is 0 Å². The van der Waals surface area contributed by atoms with E-state index in [0.717, 1.165) is 23.9 Å². The molecule has 0 amide bonds. The number of aromatic nitrogens is 2. The van der Waals surface area contributed by atoms with E-state index >= 15 is 0 Å². The minimum absolute atomic E-state index is 0.0414. The van der Waals surface area contributed by atoms with Crippen LogP contribution in [0.4, 0.5) is 0 Å². The lowest BCUT2D eigenvalue weighted by atomic mass is 9.98. The molecule has 20 heavy (non-hydrogen) atoms. The molecular weight excluding hydrogens is 248 g/mol. The summed E-state index contributed by atoms with van der Waals surface area (Å²) in [4.78, 5) is 7.51. The quantitative estimate of drug-likeness (QED) is 0.780. The zero-order chi connectivity index (χ0) is 13.6. The average Bonchev–Trinajstić information content (AvgIpc) is 3.16. The Bertz CT molecular complexity index is 771. The van der Waals surface area contributed by atoms with Crippen molar-refractivity contribution in [1.29, 1.82) is 0 Å². The van der Waals surface area contributed by atoms with Gasteiger partial charge in [-0.25, -0.2) is 4.98 Å². The molecule has 0 atom stereocenters. The maximum atomic E-state index is 5.68. The highest BCUT2D eigenvalue weighted by molar-refractivity contribution is 5.92. The summed E-state index contributed by atoms with van der Waals surface area (Å²) in [5.74, 6) is 0. The average molecular weight is 264 g/mol. The Morgan fingerprint density at radius 3 is 2.90 bits per heavy atom. The summed E-state index contributed by atoms with van der Waals surface area (Å²) in [7, 11) is 1.80. The molecule has 1 N–H and O–H groups in total. The molecule has 1 fully saturated rings. The molecule has 4 rings (SSSR count). The first-order valence-electron chi connectivity index (χ1n) is 6.91. The van der Waals surface area contributed by atoms with Crippen molar-refractivity contribution >= 4 is 11.0 Å². The maximum absolute atomic E-state index is 5.68. The third-order valence-electron chi connectivity index (χ3n) is 4.25. The predicted molar refractivity (Wildman–Crippen MR) is 79.5 cm³/mol. The van der Waals surface area contributed by atoms with E-state index in [1.54, 1.807) is 7.11 Å². The minimum atomic E-state index is -0.0414. The Morgan fingerprint density at radius 1 is 1.20 bits per heavy atom. The zero-order valence-corrected chi connectivity index (χ0v) is 11.4. The molecule has 0 saturated heterocycles. The number of rotatable bonds is 3. The highest BCUT2D eigenvalue weighted by Gasteiger charge is 2.44. The van der Waals surface area contributed by atoms with E-state index in [0.29, 0.717) is 0 Å². The molecule has 0 radical (unpaired) electrons. The van der Waals surface area contributed by atoms with Crippen molar-refractivity contribution in [2.24, 2.45) is 0 Å². The van der Waals surface area contributed by atoms with Gasteiger partial charge in [-0.1, -0.05) is 18.2 Å². The summed E-state index contributed by atoms with van der Waals surface area (Å²) in [6.45, 7) is 0. The van der Waals surface area contributed by atoms with Gasteiger partial charge in [-0.2, -0.15) is 0 Å². The molecule has 3 aromatic rings. The zero-order valence-electron chi connectivity index (χ0n) is 11.4. The van der Waals surface area contributed by atoms with E-state index in [1.165, 1.54) is 16.7 Å². The molecule has 0 bridgehead atoms. The summed E-state index contributed by atoms with van der Waals surface area (Å²) >= 11 is 0. The number of nitrogens with zero attached hydrogens (tertiary/aromatic N) is 1. The topological polar surface area (TPSA) is 37.9 Å². The van der Waals surface area contributed by atoms with Crippen molar-refractivity contribution in [3.63, 3.8) is 0 Å². The van der Waals surface area contributed by atoms with Gasteiger partial charge in [0.15, 0.2) is 0 Å². The minimum Gasteiger partial charge on any atom is -0.374 e. The SMILES string of the molecule is COC1(c2cccc(-c3ccnc4[nH]ccc34)c2)CC1. The monoisotopic (exact) mass is 264 g/mol. The van der Waals surface area contributed by atoms with Gasteiger partial charge in [0, 0.05) is 24.9 Å². The molecule has 1 saturated carbocycles. The van der Waals surface area contributed by atoms with Crippen LogP contribution in [0.25, 0.3) is 22.2 Å². The number of benzene rings is 1. The molecule has 0 unspecified atom stereocenters. The fourth-order valence-corrected chi connectivity index (χ4v) is 2.91. The fourth-order valence-electron chi connectivity index (χ4n) is 2.91. The number of aromatic amines is 1. The van der Waals surface area contributed by atoms with Crippen molar-refractivity contribution in [2.45, 2.75) is 18.4 Å². The number of nitrogens with one attached hydrogen (secondary N) is 1. The second-order valence-corrected chi connectivity index (χ2v) is 5.38. The standard InChI is InChI=1S/C17H16N2O/c1-20-17(7-8-17)13-4-2-3-12(11-13)14-5-9-18-16-15(14)6-10-19-16/h2-6,9-11H,7-8H2,1H3,(H,18,19). The lowest BCUT2D eigenvalue weighted by molar-refractivity contribution is 0.0789. The molecule has 2 aromatic heterocycles. The van der Waals surface area contributed by atoms with E-state index in [1.807, 2.05) is 12.4 Å². The van der Waals surface area contributed by atoms with Crippen LogP contribution in [-0.4, -0.2) is 17.1 Å². The van der Waals surface area contributed by atoms with Gasteiger partial charge < -0.3 is 9.72 Å². The Hall–Kier alpha value is -2.13. The van der Waals surface area contributed by atoms with Crippen LogP contribution in [0.3, 0.4) is 0 Å². The van der Waals surface area contributed by atoms with Gasteiger partial charge >= 0.3 is 0 Å². The molecule has 3 heteroatoms. The van der Waals surface area contributed by atoms with Crippen LogP contribution < -0.4 is 0 Å². The van der Waals surface area contributed by atoms with Crippen molar-refractivity contribution in [1.82, 2.24) is 9.97 Å². The molecule has 1 aliphatic rings. The Morgan fingerprint density at radius 2 is 2.10 bits per heavy atom. The van der Waals surface area contributed by atoms with Crippen LogP contribution >= 0.6 is 0 Å². The van der Waals surface area contributed by atoms with Crippen molar-refractivity contribution < 1.29 is 4.74 Å². The van der Waals surface area contributed by atoms with Crippen molar-refractivity contribution in [3.8, 4) is 11.1 Å². The molecule has 1 aromatic carbocycles. The Kier molecular flexibility index (Phi) is 2.44. The van der Waals surface area contributed by atoms with E-state index in [4.69, 9.17) is 4.74 Å². The van der Waals surface area contributed by atoms with Crippen molar-refractivity contribution in [2.75, 3.05) is 7.11 Å². The Balaban J connectivity index is 1.87. The number of hydrogen-bond acceptors (Lipinski definition) is 2. The summed E-state index contributed by atoms with van der Waals surface area (Å²) in [5, 5.41) is 1.16. The van der Waals surface area contributed by atoms with Gasteiger partial charge in [0.1, 0.15) is 5.65 Å². The lowest BCUT2D eigenvalue weighted by Gasteiger charge is -2.15. The van der Waals surface area contributed by atoms with Crippen LogP contribution in [0.1, 0.15) is 18.4 Å². The first-order chi connectivity index (χ1) is 9.82. The van der Waals surface area contributed by atoms with Gasteiger partial charge in [-0.15, -0.1) is 0 Å². The third-order valence-corrected chi connectivity index (χ3v) is 4.25. The number of pyridine rings is 1. The molecule has 0 spiro atoms. The largest absolute Gasteiger partial charge is 0.374 e. The second-order valence-electron chi connectivity index (χ2n) is 5.38. The fraction of sp³-hybridized carbons (Fsp3) is 0.235. The first-order valence-corrected chi connectivity index (χ1v) is 6.91. The molecule has 0 aliphatic heterocycles. The number of ether oxygens (including phenoxy) is 1. The van der Waals surface area contributed by atoms with Crippen LogP contribution in [0.15, 0.2) is 48.8 Å². The number of methoxy groups -OCH3 is 1. The molecular formula is C17H16N2O. The number of H-pyrrole nitrogens is 1. The molecule has 1 aliphatic carbocycles. The molecule has 2 heterocycles. The Labute approximate surface area is 117 Å². The van der Waals surface area contributed by atoms with Gasteiger partial charge in [-0.05, 0) is 47.7 Å². The summed E-state index contributed by atoms with van der Waals surface area (Å²) in [6, 6.07) is 12.8. The lowest BCUT2D eigenvalue weighted by Crippen LogP contribution is -2.08. The highest BCUT2D eigenvalue weighted by Crippen LogP contribution is 2.49. The summed E-state index contributed by atoms with van der Waals surface area (Å²) < 4.78 is 5.68. The van der Waals surface area contributed by atoms with Crippen LogP contribution in [-0.2, 0) is 10.3 Å². The number of hydrogen-bond donors (Lipinski definition) is 1. The van der Waals surface area contributed by atoms with Crippen molar-refractivity contribution in [3.05, 3.63) is 54.4 Å².